The quantitative estimate of drug-likeness (QED) is 0.279. The molecule has 2 aromatic rings. The number of pyridine rings is 1. The minimum Gasteiger partial charge on any atom is -0.465 e. The van der Waals surface area contributed by atoms with Crippen molar-refractivity contribution in [2.75, 3.05) is 13.2 Å². The normalized spacial score (nSPS) is 35.8. The average molecular weight is 884 g/mol. The fourth-order valence-corrected chi connectivity index (χ4v) is 9.73. The molecule has 0 unspecified atom stereocenters. The summed E-state index contributed by atoms with van der Waals surface area (Å²) >= 11 is 0. The number of cyclic esters (lactones) is 1. The van der Waals surface area contributed by atoms with Gasteiger partial charge in [-0.3, -0.25) is 29.0 Å². The molecule has 12 atom stereocenters. The van der Waals surface area contributed by atoms with Gasteiger partial charge in [0.15, 0.2) is 35.6 Å². The lowest BCUT2D eigenvalue weighted by atomic mass is 9.45. The molecule has 2 aliphatic carbocycles. The van der Waals surface area contributed by atoms with E-state index in [-0.39, 0.29) is 23.2 Å². The lowest BCUT2D eigenvalue weighted by Crippen LogP contribution is -2.89. The number of hydrogen-bond acceptors (Lipinski definition) is 20. The van der Waals surface area contributed by atoms with Crippen LogP contribution in [-0.2, 0) is 77.8 Å². The molecule has 3 heterocycles. The lowest BCUT2D eigenvalue weighted by Gasteiger charge is -2.67. The third-order valence-corrected chi connectivity index (χ3v) is 12.2. The SMILES string of the molecule is CC(=O)OC[C@]12[C@H](OC(C)=O)[C@H](OC(C)=O)[C@@H]3[C@@H](OC(C)=O)[C@@]14O[C@@]3(C)COC(=O)c1cccnc1CC[C@@](C)(O)C(=O)O[C@H]([C@H](OC(=O)c1ccccc1)[C@@H]2OC(C)=O)[C@]4(C)O. The molecular formula is C43H49NO19. The highest BCUT2D eigenvalue weighted by Crippen LogP contribution is 2.70. The summed E-state index contributed by atoms with van der Waals surface area (Å²) in [6, 6.07) is 10.1. The number of benzene rings is 1. The molecule has 6 rings (SSSR count). The highest BCUT2D eigenvalue weighted by molar-refractivity contribution is 5.91. The molecule has 4 aliphatic rings. The van der Waals surface area contributed by atoms with Crippen LogP contribution in [0.4, 0.5) is 0 Å². The van der Waals surface area contributed by atoms with Crippen LogP contribution in [0, 0.1) is 11.3 Å². The maximum Gasteiger partial charge on any atom is 0.340 e. The number of ether oxygens (including phenoxy) is 9. The highest BCUT2D eigenvalue weighted by Gasteiger charge is 2.92. The third kappa shape index (κ3) is 7.99. The first-order chi connectivity index (χ1) is 29.4. The molecule has 340 valence electrons. The standard InChI is InChI=1S/C43H49NO19/c1-21(45)55-20-42-34(59-24(4)48)30(57-22(2)46)29-32(58-23(3)47)43(42)41(8,54)33(31(35(42)60-25(5)49)61-36(50)26-13-10-9-11-14-26)62-38(52)39(6,53)17-16-28-27(15-12-18-44-28)37(51)56-19-40(29,7)63-43/h9-15,18,29-35,53-54H,16-17,19-20H2,1-8H3/t29-,30-,31+,32-,33-,34-,35+,39-,40+,41+,42-,43+/m1/s1. The third-order valence-electron chi connectivity index (χ3n) is 12.2. The number of aryl methyl sites for hydroxylation is 1. The van der Waals surface area contributed by atoms with E-state index in [9.17, 15) is 48.6 Å². The van der Waals surface area contributed by atoms with Crippen molar-refractivity contribution >= 4 is 47.8 Å². The summed E-state index contributed by atoms with van der Waals surface area (Å²) in [4.78, 5) is 113. The average Bonchev–Trinajstić information content (AvgIpc) is 3.42. The summed E-state index contributed by atoms with van der Waals surface area (Å²) in [5.41, 5.74) is -13.3. The summed E-state index contributed by atoms with van der Waals surface area (Å²) in [6.45, 7) is 6.37. The maximum atomic E-state index is 14.5. The molecule has 20 heteroatoms. The Hall–Kier alpha value is -5.99. The Morgan fingerprint density at radius 3 is 1.92 bits per heavy atom. The molecule has 3 fully saturated rings. The molecule has 1 aromatic carbocycles. The van der Waals surface area contributed by atoms with Crippen molar-refractivity contribution in [3.8, 4) is 0 Å². The van der Waals surface area contributed by atoms with Crippen LogP contribution in [-0.4, -0.2) is 135 Å². The molecule has 63 heavy (non-hydrogen) atoms. The Balaban J connectivity index is 1.79. The van der Waals surface area contributed by atoms with Gasteiger partial charge in [-0.1, -0.05) is 18.2 Å². The second-order valence-electron chi connectivity index (χ2n) is 16.7. The number of nitrogens with zero attached hydrogens (tertiary/aromatic N) is 1. The van der Waals surface area contributed by atoms with E-state index in [0.29, 0.717) is 0 Å². The second kappa shape index (κ2) is 16.9. The number of fused-ring (bicyclic) bond motifs is 5. The number of rotatable bonds is 8. The van der Waals surface area contributed by atoms with Crippen LogP contribution in [0.5, 0.6) is 0 Å². The number of esters is 8. The van der Waals surface area contributed by atoms with E-state index in [0.717, 1.165) is 48.5 Å². The molecule has 0 amide bonds. The van der Waals surface area contributed by atoms with Crippen LogP contribution < -0.4 is 0 Å². The van der Waals surface area contributed by atoms with Crippen molar-refractivity contribution in [3.05, 3.63) is 65.5 Å². The zero-order valence-electron chi connectivity index (χ0n) is 35.8. The summed E-state index contributed by atoms with van der Waals surface area (Å²) < 4.78 is 54.9. The van der Waals surface area contributed by atoms with Gasteiger partial charge in [0.1, 0.15) is 42.0 Å². The predicted molar refractivity (Wildman–Crippen MR) is 207 cm³/mol. The zero-order valence-corrected chi connectivity index (χ0v) is 35.8. The van der Waals surface area contributed by atoms with Gasteiger partial charge in [-0.25, -0.2) is 14.4 Å². The first-order valence-corrected chi connectivity index (χ1v) is 20.0. The largest absolute Gasteiger partial charge is 0.465 e. The van der Waals surface area contributed by atoms with Gasteiger partial charge < -0.3 is 52.8 Å². The van der Waals surface area contributed by atoms with E-state index in [1.54, 1.807) is 6.07 Å². The summed E-state index contributed by atoms with van der Waals surface area (Å²) in [6.07, 6.45) is -12.0. The van der Waals surface area contributed by atoms with Crippen molar-refractivity contribution in [2.24, 2.45) is 11.3 Å². The summed E-state index contributed by atoms with van der Waals surface area (Å²) in [5.74, 6) is -10.5. The fourth-order valence-electron chi connectivity index (χ4n) is 9.73. The van der Waals surface area contributed by atoms with Gasteiger partial charge in [0, 0.05) is 40.8 Å². The maximum absolute atomic E-state index is 14.5. The number of carbonyl (C=O) groups excluding carboxylic acids is 8. The van der Waals surface area contributed by atoms with Crippen LogP contribution in [0.25, 0.3) is 0 Å². The van der Waals surface area contributed by atoms with Gasteiger partial charge >= 0.3 is 47.8 Å². The van der Waals surface area contributed by atoms with E-state index in [2.05, 4.69) is 4.98 Å². The highest BCUT2D eigenvalue weighted by atomic mass is 16.7. The Kier molecular flexibility index (Phi) is 12.5. The van der Waals surface area contributed by atoms with Crippen LogP contribution in [0.3, 0.4) is 0 Å². The zero-order chi connectivity index (χ0) is 46.4. The van der Waals surface area contributed by atoms with E-state index in [4.69, 9.17) is 42.6 Å². The molecular weight excluding hydrogens is 834 g/mol. The van der Waals surface area contributed by atoms with Crippen LogP contribution in [0.1, 0.15) is 88.2 Å². The van der Waals surface area contributed by atoms with Gasteiger partial charge in [-0.15, -0.1) is 0 Å². The van der Waals surface area contributed by atoms with Crippen molar-refractivity contribution in [3.63, 3.8) is 0 Å². The monoisotopic (exact) mass is 883 g/mol. The van der Waals surface area contributed by atoms with Gasteiger partial charge in [-0.05, 0) is 57.9 Å². The molecule has 2 aliphatic heterocycles. The topological polar surface area (TPSA) is 273 Å². The second-order valence-corrected chi connectivity index (χ2v) is 16.7. The number of hydrogen-bond donors (Lipinski definition) is 2. The van der Waals surface area contributed by atoms with Crippen LogP contribution >= 0.6 is 0 Å². The molecule has 4 bridgehead atoms. The summed E-state index contributed by atoms with van der Waals surface area (Å²) in [5, 5.41) is 25.4. The molecule has 20 nitrogen and oxygen atoms in total. The Morgan fingerprint density at radius 1 is 0.746 bits per heavy atom. The van der Waals surface area contributed by atoms with Crippen molar-refractivity contribution in [1.29, 1.82) is 0 Å². The minimum atomic E-state index is -2.98. The van der Waals surface area contributed by atoms with Crippen LogP contribution in [0.2, 0.25) is 0 Å². The fraction of sp³-hybridized carbons (Fsp3) is 0.558. The van der Waals surface area contributed by atoms with Crippen molar-refractivity contribution < 1.29 is 91.2 Å². The van der Waals surface area contributed by atoms with Gasteiger partial charge in [0.05, 0.1) is 22.7 Å². The van der Waals surface area contributed by atoms with Crippen molar-refractivity contribution in [2.45, 2.75) is 127 Å². The number of carbonyl (C=O) groups is 8. The lowest BCUT2D eigenvalue weighted by molar-refractivity contribution is -0.386. The van der Waals surface area contributed by atoms with E-state index < -0.39 is 138 Å². The van der Waals surface area contributed by atoms with Gasteiger partial charge in [-0.2, -0.15) is 0 Å². The molecule has 1 aromatic heterocycles. The first-order valence-electron chi connectivity index (χ1n) is 20.0. The minimum absolute atomic E-state index is 0.0847. The molecule has 1 spiro atoms. The van der Waals surface area contributed by atoms with Gasteiger partial charge in [0.25, 0.3) is 0 Å². The Morgan fingerprint density at radius 2 is 1.33 bits per heavy atom. The predicted octanol–water partition coefficient (Wildman–Crippen LogP) is 1.27. The molecule has 2 saturated carbocycles. The summed E-state index contributed by atoms with van der Waals surface area (Å²) in [7, 11) is 0. The van der Waals surface area contributed by atoms with Gasteiger partial charge in [0.2, 0.25) is 0 Å². The smallest absolute Gasteiger partial charge is 0.340 e. The van der Waals surface area contributed by atoms with Crippen molar-refractivity contribution in [1.82, 2.24) is 4.98 Å². The molecule has 2 N–H and O–H groups in total. The first kappa shape index (κ1) is 46.5. The Bertz CT molecular complexity index is 2190. The molecule has 0 radical (unpaired) electrons. The van der Waals surface area contributed by atoms with Crippen LogP contribution in [0.15, 0.2) is 48.7 Å². The Labute approximate surface area is 360 Å². The van der Waals surface area contributed by atoms with E-state index in [1.807, 2.05) is 0 Å². The number of aliphatic hydroxyl groups is 2. The molecule has 1 saturated heterocycles. The van der Waals surface area contributed by atoms with E-state index >= 15 is 0 Å². The number of aromatic nitrogens is 1. The van der Waals surface area contributed by atoms with E-state index in [1.165, 1.54) is 49.5 Å².